The average molecular weight is 411 g/mol. The molecule has 3 rings (SSSR count). The molecule has 2 aromatic carbocycles. The first-order valence-corrected chi connectivity index (χ1v) is 9.22. The second-order valence-corrected chi connectivity index (χ2v) is 8.24. The minimum absolute atomic E-state index is 0.283. The molecular weight excluding hydrogens is 393 g/mol. The highest BCUT2D eigenvalue weighted by atomic mass is 35.6. The number of H-pyrrole nitrogens is 1. The molecule has 1 heterocycles. The molecule has 1 amide bonds. The van der Waals surface area contributed by atoms with Crippen molar-refractivity contribution in [3.63, 3.8) is 0 Å². The highest BCUT2D eigenvalue weighted by Crippen LogP contribution is 2.28. The van der Waals surface area contributed by atoms with Crippen LogP contribution in [-0.2, 0) is 6.54 Å². The van der Waals surface area contributed by atoms with Gasteiger partial charge in [-0.3, -0.25) is 10.1 Å². The third-order valence-corrected chi connectivity index (χ3v) is 4.74. The molecule has 26 heavy (non-hydrogen) atoms. The van der Waals surface area contributed by atoms with Gasteiger partial charge < -0.3 is 5.32 Å². The van der Waals surface area contributed by atoms with E-state index in [-0.39, 0.29) is 5.91 Å². The molecule has 0 saturated heterocycles. The monoisotopic (exact) mass is 409 g/mol. The zero-order valence-corrected chi connectivity index (χ0v) is 16.0. The van der Waals surface area contributed by atoms with Crippen molar-refractivity contribution in [1.29, 1.82) is 0 Å². The van der Waals surface area contributed by atoms with Crippen LogP contribution in [0, 0.1) is 0 Å². The normalized spacial score (nSPS) is 12.7. The van der Waals surface area contributed by atoms with Crippen LogP contribution in [0.4, 0.5) is 0 Å². The summed E-state index contributed by atoms with van der Waals surface area (Å²) in [5.74, 6) is -0.283. The predicted molar refractivity (Wildman–Crippen MR) is 104 cm³/mol. The van der Waals surface area contributed by atoms with Gasteiger partial charge in [0.1, 0.15) is 6.54 Å². The van der Waals surface area contributed by atoms with Gasteiger partial charge in [0.25, 0.3) is 9.70 Å². The third kappa shape index (κ3) is 4.65. The van der Waals surface area contributed by atoms with E-state index in [9.17, 15) is 4.79 Å². The fraction of sp³-hybridized carbons (Fsp3) is 0.158. The predicted octanol–water partition coefficient (Wildman–Crippen LogP) is 2.84. The van der Waals surface area contributed by atoms with Crippen LogP contribution in [-0.4, -0.2) is 15.9 Å². The van der Waals surface area contributed by atoms with Crippen LogP contribution in [0.3, 0.4) is 0 Å². The Hall–Kier alpha value is -1.85. The van der Waals surface area contributed by atoms with E-state index in [1.165, 1.54) is 0 Å². The fourth-order valence-corrected chi connectivity index (χ4v) is 3.16. The van der Waals surface area contributed by atoms with Gasteiger partial charge in [-0.05, 0) is 22.9 Å². The number of nitrogens with two attached hydrogens (primary N) is 1. The number of halogens is 3. The van der Waals surface area contributed by atoms with Crippen LogP contribution in [0.25, 0.3) is 10.8 Å². The maximum Gasteiger partial charge on any atom is 0.262 e. The quantitative estimate of drug-likeness (QED) is 0.493. The van der Waals surface area contributed by atoms with Crippen LogP contribution < -0.4 is 15.6 Å². The number of pyridine rings is 1. The lowest BCUT2D eigenvalue weighted by Gasteiger charge is -2.23. The van der Waals surface area contributed by atoms with E-state index in [0.29, 0.717) is 12.1 Å². The molecule has 1 aromatic heterocycles. The number of nitrogens with one attached hydrogen (secondary N) is 2. The molecule has 0 saturated carbocycles. The minimum Gasteiger partial charge on any atom is -0.319 e. The Labute approximate surface area is 166 Å². The molecule has 0 spiro atoms. The van der Waals surface area contributed by atoms with Gasteiger partial charge in [0, 0.05) is 11.6 Å². The lowest BCUT2D eigenvalue weighted by Crippen LogP contribution is -2.95. The Morgan fingerprint density at radius 1 is 1.08 bits per heavy atom. The molecule has 1 unspecified atom stereocenters. The van der Waals surface area contributed by atoms with Gasteiger partial charge in [0.15, 0.2) is 12.4 Å². The summed E-state index contributed by atoms with van der Waals surface area (Å²) in [4.78, 5) is 15.8. The summed E-state index contributed by atoms with van der Waals surface area (Å²) in [5, 5.41) is 6.46. The van der Waals surface area contributed by atoms with Crippen molar-refractivity contribution in [2.45, 2.75) is 16.5 Å². The third-order valence-electron chi connectivity index (χ3n) is 4.03. The van der Waals surface area contributed by atoms with Crippen LogP contribution in [0.5, 0.6) is 0 Å². The molecule has 1 atom stereocenters. The van der Waals surface area contributed by atoms with Gasteiger partial charge in [-0.15, -0.1) is 0 Å². The highest BCUT2D eigenvalue weighted by molar-refractivity contribution is 6.68. The number of carbonyl (C=O) groups is 1. The van der Waals surface area contributed by atoms with Crippen molar-refractivity contribution >= 4 is 51.5 Å². The van der Waals surface area contributed by atoms with Crippen LogP contribution in [0.2, 0.25) is 0 Å². The Balaban J connectivity index is 1.79. The number of aromatic nitrogens is 1. The first kappa shape index (κ1) is 18.9. The first-order valence-electron chi connectivity index (χ1n) is 8.09. The standard InChI is InChI=1S/C19H16Cl3N3O/c20-19(21,22)18(24-12-13-5-4-10-23-11-13)25-17(26)16-9-3-7-14-6-1-2-8-15(14)16/h1-11,18,24H,12H2,(H,25,26)/p+2. The molecule has 0 aliphatic rings. The van der Waals surface area contributed by atoms with Crippen LogP contribution in [0.1, 0.15) is 15.9 Å². The number of benzene rings is 2. The number of aromatic amines is 1. The second-order valence-electron chi connectivity index (χ2n) is 5.87. The number of alkyl halides is 3. The van der Waals surface area contributed by atoms with Crippen molar-refractivity contribution in [1.82, 2.24) is 5.32 Å². The zero-order chi connectivity index (χ0) is 18.6. The van der Waals surface area contributed by atoms with Gasteiger partial charge in [-0.2, -0.15) is 0 Å². The lowest BCUT2D eigenvalue weighted by atomic mass is 10.0. The molecule has 4 N–H and O–H groups in total. The van der Waals surface area contributed by atoms with E-state index in [2.05, 4.69) is 10.3 Å². The zero-order valence-electron chi connectivity index (χ0n) is 13.8. The minimum atomic E-state index is -1.65. The molecule has 0 radical (unpaired) electrons. The number of hydrogen-bond donors (Lipinski definition) is 2. The molecule has 0 aliphatic heterocycles. The smallest absolute Gasteiger partial charge is 0.262 e. The molecule has 0 aliphatic carbocycles. The molecule has 3 aromatic rings. The second kappa shape index (κ2) is 8.23. The van der Waals surface area contributed by atoms with Crippen LogP contribution in [0.15, 0.2) is 67.0 Å². The van der Waals surface area contributed by atoms with Crippen molar-refractivity contribution < 1.29 is 15.1 Å². The van der Waals surface area contributed by atoms with Crippen molar-refractivity contribution in [2.24, 2.45) is 0 Å². The summed E-state index contributed by atoms with van der Waals surface area (Å²) in [5.41, 5.74) is 1.56. The summed E-state index contributed by atoms with van der Waals surface area (Å²) < 4.78 is -1.65. The summed E-state index contributed by atoms with van der Waals surface area (Å²) in [6.45, 7) is 0.547. The Kier molecular flexibility index (Phi) is 5.99. The Bertz CT molecular complexity index is 892. The summed E-state index contributed by atoms with van der Waals surface area (Å²) in [7, 11) is 0. The molecular formula is C19H18Cl3N3O+2. The first-order chi connectivity index (χ1) is 12.4. The maximum atomic E-state index is 12.8. The largest absolute Gasteiger partial charge is 0.319 e. The van der Waals surface area contributed by atoms with Gasteiger partial charge in [-0.25, -0.2) is 4.98 Å². The fourth-order valence-electron chi connectivity index (χ4n) is 2.73. The summed E-state index contributed by atoms with van der Waals surface area (Å²) in [6.07, 6.45) is 2.94. The Morgan fingerprint density at radius 3 is 2.58 bits per heavy atom. The van der Waals surface area contributed by atoms with Crippen molar-refractivity contribution in [3.05, 3.63) is 78.1 Å². The summed E-state index contributed by atoms with van der Waals surface area (Å²) >= 11 is 18.3. The SMILES string of the molecule is O=C(NC([NH2+]Cc1ccc[nH+]c1)C(Cl)(Cl)Cl)c1cccc2ccccc12. The van der Waals surface area contributed by atoms with Gasteiger partial charge in [-0.1, -0.05) is 71.2 Å². The van der Waals surface area contributed by atoms with Crippen molar-refractivity contribution in [2.75, 3.05) is 0 Å². The number of rotatable bonds is 5. The average Bonchev–Trinajstić information content (AvgIpc) is 2.64. The van der Waals surface area contributed by atoms with E-state index in [0.717, 1.165) is 16.3 Å². The van der Waals surface area contributed by atoms with E-state index < -0.39 is 9.96 Å². The number of carbonyl (C=O) groups excluding carboxylic acids is 1. The van der Waals surface area contributed by atoms with Crippen LogP contribution >= 0.6 is 34.8 Å². The van der Waals surface area contributed by atoms with Gasteiger partial charge in [0.05, 0.1) is 5.56 Å². The molecule has 0 fully saturated rings. The number of quaternary nitrogens is 1. The molecule has 7 heteroatoms. The van der Waals surface area contributed by atoms with E-state index >= 15 is 0 Å². The number of fused-ring (bicyclic) bond motifs is 1. The molecule has 4 nitrogen and oxygen atoms in total. The maximum absolute atomic E-state index is 12.8. The highest BCUT2D eigenvalue weighted by Gasteiger charge is 2.37. The molecule has 134 valence electrons. The van der Waals surface area contributed by atoms with Gasteiger partial charge in [0.2, 0.25) is 6.17 Å². The summed E-state index contributed by atoms with van der Waals surface area (Å²) in [6, 6.07) is 17.1. The van der Waals surface area contributed by atoms with E-state index in [1.54, 1.807) is 11.4 Å². The van der Waals surface area contributed by atoms with Gasteiger partial charge >= 0.3 is 0 Å². The molecule has 0 bridgehead atoms. The Morgan fingerprint density at radius 2 is 1.85 bits per heavy atom. The topological polar surface area (TPSA) is 59.9 Å². The van der Waals surface area contributed by atoms with E-state index in [1.807, 2.05) is 60.9 Å². The number of amides is 1. The lowest BCUT2D eigenvalue weighted by molar-refractivity contribution is -0.707. The number of hydrogen-bond acceptors (Lipinski definition) is 1. The van der Waals surface area contributed by atoms with Crippen molar-refractivity contribution in [3.8, 4) is 0 Å². The van der Waals surface area contributed by atoms with E-state index in [4.69, 9.17) is 34.8 Å².